The van der Waals surface area contributed by atoms with Crippen LogP contribution in [0, 0.1) is 6.07 Å². The van der Waals surface area contributed by atoms with Crippen LogP contribution in [0.25, 0.3) is 0 Å². The molecule has 0 aromatic heterocycles. The molecule has 15 heavy (non-hydrogen) atoms. The van der Waals surface area contributed by atoms with E-state index in [1.54, 1.807) is 24.3 Å². The van der Waals surface area contributed by atoms with E-state index < -0.39 is 0 Å². The van der Waals surface area contributed by atoms with Gasteiger partial charge >= 0.3 is 39.9 Å². The van der Waals surface area contributed by atoms with E-state index in [1.807, 2.05) is 0 Å². The number of carbonyl (C=O) groups excluding carboxylic acids is 1. The molecule has 0 saturated carbocycles. The molecule has 0 N–H and O–H groups in total. The Hall–Kier alpha value is 2.17. The smallest absolute Gasteiger partial charge is 1.00 e. The molecule has 0 radical (unpaired) electrons. The van der Waals surface area contributed by atoms with Gasteiger partial charge in [-0.2, -0.15) is 0 Å². The molecule has 0 bridgehead atoms. The van der Waals surface area contributed by atoms with Gasteiger partial charge in [0.15, 0.2) is 0 Å². The van der Waals surface area contributed by atoms with E-state index in [0.29, 0.717) is 5.56 Å². The number of hydrogen-bond acceptors (Lipinski definition) is 2. The van der Waals surface area contributed by atoms with Crippen molar-refractivity contribution in [3.05, 3.63) is 35.9 Å². The molecular formula is C8H7I3O2PdZn. The van der Waals surface area contributed by atoms with Crippen LogP contribution in [-0.2, 0) is 44.6 Å². The van der Waals surface area contributed by atoms with Gasteiger partial charge in [0.2, 0.25) is 5.97 Å². The Morgan fingerprint density at radius 3 is 2.13 bits per heavy atom. The van der Waals surface area contributed by atoms with E-state index in [0.717, 1.165) is 0 Å². The van der Waals surface area contributed by atoms with Gasteiger partial charge in [0.05, 0.1) is 7.11 Å². The van der Waals surface area contributed by atoms with E-state index in [9.17, 15) is 4.79 Å². The average Bonchev–Trinajstić information content (AvgIpc) is 2.05. The van der Waals surface area contributed by atoms with Gasteiger partial charge in [-0.1, -0.05) is 5.56 Å². The third kappa shape index (κ3) is 12.4. The molecule has 84 valence electrons. The summed E-state index contributed by atoms with van der Waals surface area (Å²) in [7, 11) is 1.35. The van der Waals surface area contributed by atoms with Crippen molar-refractivity contribution in [2.45, 2.75) is 0 Å². The Bertz CT molecular complexity index is 237. The molecule has 0 aliphatic heterocycles. The molecule has 1 aromatic rings. The summed E-state index contributed by atoms with van der Waals surface area (Å²) >= 11 is 0. The summed E-state index contributed by atoms with van der Waals surface area (Å²) in [5, 5.41) is 0. The zero-order chi connectivity index (χ0) is 7.40. The minimum atomic E-state index is -0.347. The number of methoxy groups -OCH3 is 1. The molecule has 0 amide bonds. The van der Waals surface area contributed by atoms with Gasteiger partial charge in [-0.05, 0) is 0 Å². The van der Waals surface area contributed by atoms with E-state index >= 15 is 0 Å². The Labute approximate surface area is 168 Å². The monoisotopic (exact) mass is 686 g/mol. The summed E-state index contributed by atoms with van der Waals surface area (Å²) in [6.45, 7) is 0. The van der Waals surface area contributed by atoms with Crippen molar-refractivity contribution in [3.8, 4) is 0 Å². The van der Waals surface area contributed by atoms with Crippen molar-refractivity contribution >= 4 is 5.97 Å². The van der Waals surface area contributed by atoms with Crippen LogP contribution in [0.5, 0.6) is 0 Å². The minimum absolute atomic E-state index is 0. The van der Waals surface area contributed by atoms with Gasteiger partial charge in [-0.15, -0.1) is 30.3 Å². The van der Waals surface area contributed by atoms with Crippen LogP contribution < -0.4 is 71.9 Å². The van der Waals surface area contributed by atoms with Gasteiger partial charge in [-0.3, -0.25) is 0 Å². The van der Waals surface area contributed by atoms with Gasteiger partial charge in [0.1, 0.15) is 0 Å². The normalized spacial score (nSPS) is 5.93. The molecule has 0 heterocycles. The fraction of sp³-hybridized carbons (Fsp3) is 0.125. The van der Waals surface area contributed by atoms with Crippen molar-refractivity contribution in [1.82, 2.24) is 0 Å². The summed E-state index contributed by atoms with van der Waals surface area (Å²) in [5.41, 5.74) is 0.463. The van der Waals surface area contributed by atoms with Gasteiger partial charge in [0.25, 0.3) is 0 Å². The Balaban J connectivity index is -0.0000000667. The first kappa shape index (κ1) is 30.3. The summed E-state index contributed by atoms with van der Waals surface area (Å²) in [5.74, 6) is -0.347. The Morgan fingerprint density at radius 2 is 1.80 bits per heavy atom. The molecule has 0 saturated heterocycles. The molecule has 0 spiro atoms. The van der Waals surface area contributed by atoms with E-state index in [4.69, 9.17) is 0 Å². The number of benzene rings is 1. The predicted octanol–water partition coefficient (Wildman–Crippen LogP) is -7.72. The van der Waals surface area contributed by atoms with Crippen LogP contribution in [0.3, 0.4) is 0 Å². The molecule has 2 nitrogen and oxygen atoms in total. The fourth-order valence-corrected chi connectivity index (χ4v) is 0.630. The zero-order valence-corrected chi connectivity index (χ0v) is 18.8. The Kier molecular flexibility index (Phi) is 37.4. The van der Waals surface area contributed by atoms with Crippen molar-refractivity contribution in [2.24, 2.45) is 0 Å². The molecular weight excluding hydrogens is 681 g/mol. The summed E-state index contributed by atoms with van der Waals surface area (Å²) < 4.78 is 4.47. The minimum Gasteiger partial charge on any atom is -1.00 e. The largest absolute Gasteiger partial charge is 2.00 e. The van der Waals surface area contributed by atoms with Crippen molar-refractivity contribution < 1.29 is 121 Å². The molecule has 7 heteroatoms. The van der Waals surface area contributed by atoms with Crippen LogP contribution in [0.1, 0.15) is 10.4 Å². The number of rotatable bonds is 1. The first-order chi connectivity index (χ1) is 4.84. The first-order valence-electron chi connectivity index (χ1n) is 2.89. The Morgan fingerprint density at radius 1 is 1.27 bits per heavy atom. The zero-order valence-electron chi connectivity index (χ0n) is 7.78. The second-order valence-corrected chi connectivity index (χ2v) is 1.77. The molecule has 1 aromatic carbocycles. The van der Waals surface area contributed by atoms with Crippen molar-refractivity contribution in [1.29, 1.82) is 0 Å². The summed E-state index contributed by atoms with van der Waals surface area (Å²) in [6.07, 6.45) is 0. The van der Waals surface area contributed by atoms with Crippen LogP contribution >= 0.6 is 0 Å². The van der Waals surface area contributed by atoms with Crippen LogP contribution in [-0.4, -0.2) is 13.1 Å². The first-order valence-corrected chi connectivity index (χ1v) is 2.89. The van der Waals surface area contributed by atoms with Crippen molar-refractivity contribution in [3.63, 3.8) is 0 Å². The van der Waals surface area contributed by atoms with E-state index in [2.05, 4.69) is 10.8 Å². The topological polar surface area (TPSA) is 26.3 Å². The molecule has 0 unspecified atom stereocenters. The maximum Gasteiger partial charge on any atom is 2.00 e. The van der Waals surface area contributed by atoms with Gasteiger partial charge in [-0.25, -0.2) is 0 Å². The number of halogens is 3. The average molecular weight is 688 g/mol. The van der Waals surface area contributed by atoms with Gasteiger partial charge in [0, 0.05) is 0 Å². The second-order valence-electron chi connectivity index (χ2n) is 1.77. The van der Waals surface area contributed by atoms with E-state index in [1.165, 1.54) is 7.11 Å². The standard InChI is InChI=1S/C8H7O2.3HI.Pd.Zn/c1-10-8(9)7-5-3-2-4-6-7;;;;;/h2-5H,1H3;3*1H;;/q-1;;;;2*+2/p-3. The number of ether oxygens (including phenoxy) is 1. The number of esters is 1. The maximum absolute atomic E-state index is 10.8. The summed E-state index contributed by atoms with van der Waals surface area (Å²) in [4.78, 5) is 10.8. The third-order valence-corrected chi connectivity index (χ3v) is 1.11. The molecule has 0 aliphatic carbocycles. The van der Waals surface area contributed by atoms with E-state index in [-0.39, 0.29) is 118 Å². The SMILES string of the molecule is COC(=O)c1[c-]cccc1.[I-].[I-].[I-].[Pd+2].[Zn+2]. The van der Waals surface area contributed by atoms with Crippen LogP contribution in [0.15, 0.2) is 24.3 Å². The molecule has 0 aliphatic rings. The molecule has 1 rings (SSSR count). The van der Waals surface area contributed by atoms with Gasteiger partial charge < -0.3 is 81.5 Å². The van der Waals surface area contributed by atoms with Crippen LogP contribution in [0.2, 0.25) is 0 Å². The number of hydrogen-bond donors (Lipinski definition) is 0. The maximum atomic E-state index is 10.8. The molecule has 0 fully saturated rings. The summed E-state index contributed by atoms with van der Waals surface area (Å²) in [6, 6.07) is 9.64. The number of carbonyl (C=O) groups is 1. The quantitative estimate of drug-likeness (QED) is 0.127. The third-order valence-electron chi connectivity index (χ3n) is 1.11. The predicted molar refractivity (Wildman–Crippen MR) is 36.6 cm³/mol. The fourth-order valence-electron chi connectivity index (χ4n) is 0.630. The molecule has 0 atom stereocenters. The van der Waals surface area contributed by atoms with Crippen LogP contribution in [0.4, 0.5) is 0 Å². The second kappa shape index (κ2) is 18.5. The van der Waals surface area contributed by atoms with Crippen molar-refractivity contribution in [2.75, 3.05) is 7.11 Å².